The molecule has 1 aromatic heterocycles. The van der Waals surface area contributed by atoms with Crippen LogP contribution < -0.4 is 10.1 Å². The Morgan fingerprint density at radius 2 is 2.33 bits per heavy atom. The van der Waals surface area contributed by atoms with Crippen molar-refractivity contribution in [1.82, 2.24) is 15.1 Å². The van der Waals surface area contributed by atoms with Crippen LogP contribution in [0.15, 0.2) is 6.20 Å². The first-order valence-corrected chi connectivity index (χ1v) is 7.07. The minimum absolute atomic E-state index is 0.584. The Kier molecular flexibility index (Phi) is 4.64. The fourth-order valence-electron chi connectivity index (χ4n) is 3.04. The van der Waals surface area contributed by atoms with Gasteiger partial charge >= 0.3 is 0 Å². The van der Waals surface area contributed by atoms with Crippen molar-refractivity contribution in [2.45, 2.75) is 57.5 Å². The summed E-state index contributed by atoms with van der Waals surface area (Å²) >= 11 is 0. The molecule has 0 aromatic carbocycles. The molecule has 1 heterocycles. The number of methoxy groups -OCH3 is 1. The number of ether oxygens (including phenoxy) is 1. The molecule has 1 fully saturated rings. The van der Waals surface area contributed by atoms with E-state index in [1.807, 2.05) is 6.20 Å². The van der Waals surface area contributed by atoms with Gasteiger partial charge in [-0.1, -0.05) is 13.3 Å². The molecule has 102 valence electrons. The number of aryl methyl sites for hydroxylation is 1. The molecule has 4 nitrogen and oxygen atoms in total. The maximum absolute atomic E-state index is 5.49. The van der Waals surface area contributed by atoms with Crippen molar-refractivity contribution in [2.75, 3.05) is 14.2 Å². The lowest BCUT2D eigenvalue weighted by molar-refractivity contribution is 0.328. The normalized spacial score (nSPS) is 24.2. The Labute approximate surface area is 110 Å². The first-order chi connectivity index (χ1) is 8.80. The summed E-state index contributed by atoms with van der Waals surface area (Å²) in [5.41, 5.74) is 1.30. The minimum atomic E-state index is 0.584. The van der Waals surface area contributed by atoms with Crippen LogP contribution in [0.1, 0.15) is 50.6 Å². The monoisotopic (exact) mass is 251 g/mol. The molecule has 0 aliphatic heterocycles. The van der Waals surface area contributed by atoms with Crippen molar-refractivity contribution in [3.63, 3.8) is 0 Å². The molecule has 4 heteroatoms. The zero-order valence-corrected chi connectivity index (χ0v) is 11.8. The lowest BCUT2D eigenvalue weighted by Crippen LogP contribution is -2.31. The van der Waals surface area contributed by atoms with E-state index in [0.29, 0.717) is 12.0 Å². The van der Waals surface area contributed by atoms with E-state index in [4.69, 9.17) is 4.74 Å². The average molecular weight is 251 g/mol. The zero-order chi connectivity index (χ0) is 13.0. The number of nitrogens with zero attached hydrogens (tertiary/aromatic N) is 2. The van der Waals surface area contributed by atoms with Gasteiger partial charge in [-0.05, 0) is 32.7 Å². The number of nitrogens with one attached hydrogen (secondary N) is 1. The second-order valence-electron chi connectivity index (χ2n) is 5.17. The third-order valence-corrected chi connectivity index (χ3v) is 3.97. The van der Waals surface area contributed by atoms with Crippen LogP contribution in [-0.2, 0) is 6.54 Å². The summed E-state index contributed by atoms with van der Waals surface area (Å²) in [6.07, 6.45) is 8.01. The third kappa shape index (κ3) is 2.69. The van der Waals surface area contributed by atoms with Gasteiger partial charge in [0.2, 0.25) is 0 Å². The van der Waals surface area contributed by atoms with Crippen molar-refractivity contribution in [1.29, 1.82) is 0 Å². The van der Waals surface area contributed by atoms with Crippen LogP contribution in [0.25, 0.3) is 0 Å². The van der Waals surface area contributed by atoms with Gasteiger partial charge in [-0.25, -0.2) is 0 Å². The maximum atomic E-state index is 5.49. The highest BCUT2D eigenvalue weighted by Gasteiger charge is 2.27. The summed E-state index contributed by atoms with van der Waals surface area (Å²) < 4.78 is 7.63. The third-order valence-electron chi connectivity index (χ3n) is 3.97. The predicted octanol–water partition coefficient (Wildman–Crippen LogP) is 2.55. The number of rotatable bonds is 5. The second kappa shape index (κ2) is 6.23. The summed E-state index contributed by atoms with van der Waals surface area (Å²) in [6, 6.07) is 0.637. The van der Waals surface area contributed by atoms with Gasteiger partial charge in [0.25, 0.3) is 0 Å². The quantitative estimate of drug-likeness (QED) is 0.874. The van der Waals surface area contributed by atoms with Gasteiger partial charge in [-0.3, -0.25) is 4.68 Å². The van der Waals surface area contributed by atoms with Gasteiger partial charge in [0.1, 0.15) is 0 Å². The second-order valence-corrected chi connectivity index (χ2v) is 5.17. The predicted molar refractivity (Wildman–Crippen MR) is 73.1 cm³/mol. The molecule has 1 saturated carbocycles. The molecule has 2 rings (SSSR count). The Hall–Kier alpha value is -1.03. The highest BCUT2D eigenvalue weighted by atomic mass is 16.5. The van der Waals surface area contributed by atoms with Crippen molar-refractivity contribution in [3.05, 3.63) is 11.9 Å². The summed E-state index contributed by atoms with van der Waals surface area (Å²) in [5.74, 6) is 1.55. The molecule has 2 atom stereocenters. The molecular weight excluding hydrogens is 226 g/mol. The average Bonchev–Trinajstić information content (AvgIpc) is 2.82. The summed E-state index contributed by atoms with van der Waals surface area (Å²) in [6.45, 7) is 3.18. The molecule has 0 bridgehead atoms. The molecule has 18 heavy (non-hydrogen) atoms. The Morgan fingerprint density at radius 3 is 3.00 bits per heavy atom. The van der Waals surface area contributed by atoms with Crippen molar-refractivity contribution in [3.8, 4) is 5.75 Å². The molecule has 0 amide bonds. The Morgan fingerprint density at radius 1 is 1.50 bits per heavy atom. The molecule has 0 saturated heterocycles. The molecule has 2 unspecified atom stereocenters. The number of hydrogen-bond acceptors (Lipinski definition) is 3. The molecular formula is C14H25N3O. The Bertz CT molecular complexity index is 375. The van der Waals surface area contributed by atoms with Crippen LogP contribution in [0.3, 0.4) is 0 Å². The van der Waals surface area contributed by atoms with Crippen LogP contribution in [-0.4, -0.2) is 30.0 Å². The van der Waals surface area contributed by atoms with Gasteiger partial charge in [0.05, 0.1) is 19.0 Å². The summed E-state index contributed by atoms with van der Waals surface area (Å²) in [5, 5.41) is 7.89. The van der Waals surface area contributed by atoms with Crippen LogP contribution in [0, 0.1) is 0 Å². The smallest absolute Gasteiger partial charge is 0.160 e. The van der Waals surface area contributed by atoms with E-state index in [-0.39, 0.29) is 0 Å². The van der Waals surface area contributed by atoms with Gasteiger partial charge < -0.3 is 10.1 Å². The minimum Gasteiger partial charge on any atom is -0.493 e. The fourth-order valence-corrected chi connectivity index (χ4v) is 3.04. The lowest BCUT2D eigenvalue weighted by Gasteiger charge is -2.29. The highest BCUT2D eigenvalue weighted by Crippen LogP contribution is 2.37. The first kappa shape index (κ1) is 13.4. The highest BCUT2D eigenvalue weighted by molar-refractivity contribution is 5.29. The zero-order valence-electron chi connectivity index (χ0n) is 11.8. The van der Waals surface area contributed by atoms with Crippen molar-refractivity contribution < 1.29 is 4.74 Å². The maximum Gasteiger partial charge on any atom is 0.160 e. The topological polar surface area (TPSA) is 39.1 Å². The van der Waals surface area contributed by atoms with Crippen LogP contribution in [0.2, 0.25) is 0 Å². The standard InChI is InChI=1S/C14H25N3O/c1-4-8-17-14(13(18-3)10-16-17)11-6-5-7-12(9-11)15-2/h10-12,15H,4-9H2,1-3H3. The lowest BCUT2D eigenvalue weighted by atomic mass is 9.83. The Balaban J connectivity index is 2.21. The van der Waals surface area contributed by atoms with E-state index in [1.54, 1.807) is 7.11 Å². The van der Waals surface area contributed by atoms with E-state index in [1.165, 1.54) is 31.4 Å². The van der Waals surface area contributed by atoms with Gasteiger partial charge in [0.15, 0.2) is 5.75 Å². The van der Waals surface area contributed by atoms with Gasteiger partial charge in [0, 0.05) is 18.5 Å². The SMILES string of the molecule is CCCn1ncc(OC)c1C1CCCC(NC)C1. The van der Waals surface area contributed by atoms with Gasteiger partial charge in [-0.2, -0.15) is 5.10 Å². The van der Waals surface area contributed by atoms with Crippen molar-refractivity contribution >= 4 is 0 Å². The van der Waals surface area contributed by atoms with Crippen LogP contribution >= 0.6 is 0 Å². The molecule has 1 aliphatic carbocycles. The summed E-state index contributed by atoms with van der Waals surface area (Å²) in [7, 11) is 3.81. The molecule has 0 spiro atoms. The molecule has 0 radical (unpaired) electrons. The number of hydrogen-bond donors (Lipinski definition) is 1. The van der Waals surface area contributed by atoms with E-state index < -0.39 is 0 Å². The van der Waals surface area contributed by atoms with E-state index >= 15 is 0 Å². The van der Waals surface area contributed by atoms with E-state index in [2.05, 4.69) is 29.1 Å². The molecule has 1 aromatic rings. The van der Waals surface area contributed by atoms with Gasteiger partial charge in [-0.15, -0.1) is 0 Å². The molecule has 1 N–H and O–H groups in total. The van der Waals surface area contributed by atoms with Crippen LogP contribution in [0.5, 0.6) is 5.75 Å². The fraction of sp³-hybridized carbons (Fsp3) is 0.786. The van der Waals surface area contributed by atoms with Crippen molar-refractivity contribution in [2.24, 2.45) is 0 Å². The largest absolute Gasteiger partial charge is 0.493 e. The molecule has 1 aliphatic rings. The summed E-state index contributed by atoms with van der Waals surface area (Å²) in [4.78, 5) is 0. The van der Waals surface area contributed by atoms with Crippen LogP contribution in [0.4, 0.5) is 0 Å². The van der Waals surface area contributed by atoms with E-state index in [0.717, 1.165) is 18.7 Å². The number of aromatic nitrogens is 2. The van der Waals surface area contributed by atoms with E-state index in [9.17, 15) is 0 Å². The first-order valence-electron chi connectivity index (χ1n) is 7.07.